The molecule has 0 bridgehead atoms. The molecule has 0 amide bonds. The lowest BCUT2D eigenvalue weighted by Crippen LogP contribution is -1.97. The molecule has 0 aliphatic rings. The standard InChI is InChI=1S/C9H12F2/c1-4-6-8(9(10)11)7(3)5-2/h4-6,9H,1H2,2-3H3. The average Bonchev–Trinajstić information content (AvgIpc) is 1.98. The van der Waals surface area contributed by atoms with E-state index in [4.69, 9.17) is 0 Å². The van der Waals surface area contributed by atoms with E-state index in [9.17, 15) is 8.78 Å². The molecule has 11 heavy (non-hydrogen) atoms. The van der Waals surface area contributed by atoms with Crippen molar-refractivity contribution in [3.05, 3.63) is 36.0 Å². The third-order valence-corrected chi connectivity index (χ3v) is 1.42. The maximum Gasteiger partial charge on any atom is 0.264 e. The summed E-state index contributed by atoms with van der Waals surface area (Å²) in [5.41, 5.74) is 0.641. The van der Waals surface area contributed by atoms with E-state index in [-0.39, 0.29) is 5.57 Å². The summed E-state index contributed by atoms with van der Waals surface area (Å²) in [7, 11) is 0. The van der Waals surface area contributed by atoms with Crippen molar-refractivity contribution in [3.63, 3.8) is 0 Å². The van der Waals surface area contributed by atoms with Gasteiger partial charge in [0.05, 0.1) is 0 Å². The highest BCUT2D eigenvalue weighted by atomic mass is 19.3. The van der Waals surface area contributed by atoms with E-state index in [1.165, 1.54) is 12.2 Å². The smallest absolute Gasteiger partial charge is 0.205 e. The van der Waals surface area contributed by atoms with Gasteiger partial charge in [-0.05, 0) is 19.4 Å². The van der Waals surface area contributed by atoms with Crippen LogP contribution < -0.4 is 0 Å². The van der Waals surface area contributed by atoms with Crippen LogP contribution in [0.1, 0.15) is 13.8 Å². The Morgan fingerprint density at radius 2 is 2.00 bits per heavy atom. The van der Waals surface area contributed by atoms with Gasteiger partial charge in [0.1, 0.15) is 0 Å². The summed E-state index contributed by atoms with van der Waals surface area (Å²) in [6.07, 6.45) is 1.94. The van der Waals surface area contributed by atoms with E-state index >= 15 is 0 Å². The Labute approximate surface area is 65.9 Å². The van der Waals surface area contributed by atoms with E-state index in [1.807, 2.05) is 0 Å². The van der Waals surface area contributed by atoms with Gasteiger partial charge in [-0.1, -0.05) is 24.8 Å². The number of allylic oxidation sites excluding steroid dienone is 5. The fourth-order valence-electron chi connectivity index (χ4n) is 0.670. The SMILES string of the molecule is C=CC=C(C(C)=CC)C(F)F. The maximum absolute atomic E-state index is 12.2. The summed E-state index contributed by atoms with van der Waals surface area (Å²) in [5.74, 6) is 0. The van der Waals surface area contributed by atoms with Gasteiger partial charge in [-0.3, -0.25) is 0 Å². The minimum atomic E-state index is -2.41. The third-order valence-electron chi connectivity index (χ3n) is 1.42. The molecule has 0 aromatic heterocycles. The fourth-order valence-corrected chi connectivity index (χ4v) is 0.670. The molecule has 0 fully saturated rings. The zero-order chi connectivity index (χ0) is 8.85. The number of hydrogen-bond donors (Lipinski definition) is 0. The summed E-state index contributed by atoms with van der Waals surface area (Å²) in [6, 6.07) is 0. The molecule has 0 N–H and O–H groups in total. The monoisotopic (exact) mass is 158 g/mol. The number of rotatable bonds is 3. The zero-order valence-corrected chi connectivity index (χ0v) is 6.77. The molecule has 2 heteroatoms. The van der Waals surface area contributed by atoms with Gasteiger partial charge >= 0.3 is 0 Å². The molecule has 0 saturated carbocycles. The first-order valence-corrected chi connectivity index (χ1v) is 3.37. The highest BCUT2D eigenvalue weighted by molar-refractivity contribution is 5.33. The van der Waals surface area contributed by atoms with Crippen molar-refractivity contribution in [1.82, 2.24) is 0 Å². The van der Waals surface area contributed by atoms with Crippen molar-refractivity contribution in [2.45, 2.75) is 20.3 Å². The summed E-state index contributed by atoms with van der Waals surface area (Å²) in [5, 5.41) is 0. The molecule has 0 nitrogen and oxygen atoms in total. The first-order chi connectivity index (χ1) is 5.13. The first kappa shape index (κ1) is 10.1. The Morgan fingerprint density at radius 1 is 1.45 bits per heavy atom. The van der Waals surface area contributed by atoms with Crippen LogP contribution in [0.2, 0.25) is 0 Å². The van der Waals surface area contributed by atoms with Crippen LogP contribution in [0.15, 0.2) is 36.0 Å². The molecule has 0 rings (SSSR count). The summed E-state index contributed by atoms with van der Waals surface area (Å²) in [6.45, 7) is 6.75. The molecule has 0 aromatic rings. The van der Waals surface area contributed by atoms with Gasteiger partial charge in [-0.15, -0.1) is 0 Å². The molecule has 62 valence electrons. The molecular weight excluding hydrogens is 146 g/mol. The van der Waals surface area contributed by atoms with Crippen LogP contribution in [-0.4, -0.2) is 6.43 Å². The molecular formula is C9H12F2. The van der Waals surface area contributed by atoms with Crippen molar-refractivity contribution in [3.8, 4) is 0 Å². The summed E-state index contributed by atoms with van der Waals surface area (Å²) < 4.78 is 24.3. The largest absolute Gasteiger partial charge is 0.264 e. The molecule has 0 saturated heterocycles. The lowest BCUT2D eigenvalue weighted by molar-refractivity contribution is 0.192. The van der Waals surface area contributed by atoms with Crippen LogP contribution in [0.4, 0.5) is 8.78 Å². The van der Waals surface area contributed by atoms with E-state index in [1.54, 1.807) is 19.9 Å². The van der Waals surface area contributed by atoms with Crippen molar-refractivity contribution in [1.29, 1.82) is 0 Å². The van der Waals surface area contributed by atoms with Crippen molar-refractivity contribution in [2.24, 2.45) is 0 Å². The van der Waals surface area contributed by atoms with Gasteiger partial charge in [0, 0.05) is 5.57 Å². The van der Waals surface area contributed by atoms with Gasteiger partial charge in [0.25, 0.3) is 6.43 Å². The van der Waals surface area contributed by atoms with Crippen LogP contribution in [0.25, 0.3) is 0 Å². The summed E-state index contributed by atoms with van der Waals surface area (Å²) >= 11 is 0. The van der Waals surface area contributed by atoms with Crippen molar-refractivity contribution >= 4 is 0 Å². The van der Waals surface area contributed by atoms with Crippen LogP contribution in [-0.2, 0) is 0 Å². The minimum Gasteiger partial charge on any atom is -0.205 e. The van der Waals surface area contributed by atoms with E-state index in [0.29, 0.717) is 5.57 Å². The van der Waals surface area contributed by atoms with E-state index < -0.39 is 6.43 Å². The maximum atomic E-state index is 12.2. The topological polar surface area (TPSA) is 0 Å². The van der Waals surface area contributed by atoms with Gasteiger partial charge in [0.15, 0.2) is 0 Å². The Hall–Kier alpha value is -0.920. The van der Waals surface area contributed by atoms with Crippen molar-refractivity contribution < 1.29 is 8.78 Å². The molecule has 0 atom stereocenters. The highest BCUT2D eigenvalue weighted by Crippen LogP contribution is 2.17. The Kier molecular flexibility index (Phi) is 4.42. The van der Waals surface area contributed by atoms with Crippen LogP contribution >= 0.6 is 0 Å². The molecule has 0 spiro atoms. The van der Waals surface area contributed by atoms with Gasteiger partial charge < -0.3 is 0 Å². The Morgan fingerprint density at radius 3 is 2.27 bits per heavy atom. The molecule has 0 aliphatic heterocycles. The van der Waals surface area contributed by atoms with E-state index in [2.05, 4.69) is 6.58 Å². The predicted molar refractivity (Wildman–Crippen MR) is 43.7 cm³/mol. The molecule has 0 heterocycles. The lowest BCUT2D eigenvalue weighted by atomic mass is 10.1. The van der Waals surface area contributed by atoms with Gasteiger partial charge in [-0.25, -0.2) is 8.78 Å². The normalized spacial score (nSPS) is 13.9. The summed E-state index contributed by atoms with van der Waals surface area (Å²) in [4.78, 5) is 0. The second kappa shape index (κ2) is 4.83. The molecule has 0 unspecified atom stereocenters. The van der Waals surface area contributed by atoms with Gasteiger partial charge in [0.2, 0.25) is 0 Å². The zero-order valence-electron chi connectivity index (χ0n) is 6.77. The van der Waals surface area contributed by atoms with Crippen LogP contribution in [0.3, 0.4) is 0 Å². The van der Waals surface area contributed by atoms with Crippen LogP contribution in [0.5, 0.6) is 0 Å². The molecule has 0 aromatic carbocycles. The first-order valence-electron chi connectivity index (χ1n) is 3.37. The van der Waals surface area contributed by atoms with Gasteiger partial charge in [-0.2, -0.15) is 0 Å². The second-order valence-electron chi connectivity index (χ2n) is 2.13. The second-order valence-corrected chi connectivity index (χ2v) is 2.13. The van der Waals surface area contributed by atoms with Crippen molar-refractivity contribution in [2.75, 3.05) is 0 Å². The third kappa shape index (κ3) is 3.12. The van der Waals surface area contributed by atoms with Crippen LogP contribution in [0, 0.1) is 0 Å². The highest BCUT2D eigenvalue weighted by Gasteiger charge is 2.10. The lowest BCUT2D eigenvalue weighted by Gasteiger charge is -2.04. The predicted octanol–water partition coefficient (Wildman–Crippen LogP) is 3.33. The quantitative estimate of drug-likeness (QED) is 0.552. The number of halogens is 2. The fraction of sp³-hybridized carbons (Fsp3) is 0.333. The van der Waals surface area contributed by atoms with E-state index in [0.717, 1.165) is 0 Å². The average molecular weight is 158 g/mol. The Bertz CT molecular complexity index is 188. The number of alkyl halides is 2. The molecule has 0 radical (unpaired) electrons. The number of hydrogen-bond acceptors (Lipinski definition) is 0. The Balaban J connectivity index is 4.61. The molecule has 0 aliphatic carbocycles. The minimum absolute atomic E-state index is 0.0440.